The van der Waals surface area contributed by atoms with Crippen LogP contribution in [0.5, 0.6) is 0 Å². The summed E-state index contributed by atoms with van der Waals surface area (Å²) in [6.45, 7) is 4.02. The van der Waals surface area contributed by atoms with Crippen LogP contribution >= 0.6 is 27.5 Å². The van der Waals surface area contributed by atoms with Crippen LogP contribution in [0, 0.1) is 13.8 Å². The molecular formula is C12H11BrClN3O. The van der Waals surface area contributed by atoms with Gasteiger partial charge in [-0.15, -0.1) is 0 Å². The van der Waals surface area contributed by atoms with Crippen LogP contribution in [0.15, 0.2) is 27.6 Å². The molecule has 0 radical (unpaired) electrons. The highest BCUT2D eigenvalue weighted by Crippen LogP contribution is 2.19. The van der Waals surface area contributed by atoms with Crippen molar-refractivity contribution >= 4 is 27.5 Å². The molecule has 0 saturated carbocycles. The van der Waals surface area contributed by atoms with E-state index in [9.17, 15) is 4.79 Å². The first kappa shape index (κ1) is 13.2. The Kier molecular flexibility index (Phi) is 3.82. The standard InChI is InChI=1S/C12H11BrClN3O/c1-7-10(13)8(2)17(12(18)16-7)6-9-4-3-5-15-11(9)14/h3-5H,6H2,1-2H3. The first-order valence-electron chi connectivity index (χ1n) is 5.33. The van der Waals surface area contributed by atoms with Gasteiger partial charge in [0.25, 0.3) is 0 Å². The summed E-state index contributed by atoms with van der Waals surface area (Å²) in [6, 6.07) is 3.63. The second kappa shape index (κ2) is 5.20. The second-order valence-corrected chi connectivity index (χ2v) is 5.07. The number of halogens is 2. The number of pyridine rings is 1. The van der Waals surface area contributed by atoms with Crippen LogP contribution in [0.25, 0.3) is 0 Å². The van der Waals surface area contributed by atoms with Crippen molar-refractivity contribution in [2.24, 2.45) is 0 Å². The van der Waals surface area contributed by atoms with Crippen molar-refractivity contribution in [2.45, 2.75) is 20.4 Å². The molecule has 0 bridgehead atoms. The third kappa shape index (κ3) is 2.47. The number of nitrogens with zero attached hydrogens (tertiary/aromatic N) is 3. The van der Waals surface area contributed by atoms with Crippen molar-refractivity contribution in [1.82, 2.24) is 14.5 Å². The highest BCUT2D eigenvalue weighted by molar-refractivity contribution is 9.10. The monoisotopic (exact) mass is 327 g/mol. The molecule has 0 aliphatic heterocycles. The molecule has 2 heterocycles. The van der Waals surface area contributed by atoms with E-state index in [-0.39, 0.29) is 5.69 Å². The lowest BCUT2D eigenvalue weighted by atomic mass is 10.2. The van der Waals surface area contributed by atoms with Gasteiger partial charge in [0.2, 0.25) is 0 Å². The summed E-state index contributed by atoms with van der Waals surface area (Å²) >= 11 is 9.42. The van der Waals surface area contributed by atoms with E-state index in [1.807, 2.05) is 13.0 Å². The fourth-order valence-corrected chi connectivity index (χ4v) is 2.15. The lowest BCUT2D eigenvalue weighted by Gasteiger charge is -2.12. The molecule has 2 rings (SSSR count). The fourth-order valence-electron chi connectivity index (χ4n) is 1.67. The van der Waals surface area contributed by atoms with E-state index in [0.717, 1.165) is 15.7 Å². The predicted octanol–water partition coefficient (Wildman–Crippen LogP) is 2.72. The van der Waals surface area contributed by atoms with Crippen LogP contribution in [-0.2, 0) is 6.54 Å². The van der Waals surface area contributed by atoms with Gasteiger partial charge in [-0.25, -0.2) is 9.78 Å². The van der Waals surface area contributed by atoms with Gasteiger partial charge in [0, 0.05) is 17.5 Å². The molecule has 18 heavy (non-hydrogen) atoms. The summed E-state index contributed by atoms with van der Waals surface area (Å²) in [5.74, 6) is 0. The number of hydrogen-bond acceptors (Lipinski definition) is 3. The molecule has 0 amide bonds. The number of rotatable bonds is 2. The van der Waals surface area contributed by atoms with E-state index in [1.165, 1.54) is 0 Å². The van der Waals surface area contributed by atoms with Crippen LogP contribution in [0.4, 0.5) is 0 Å². The number of hydrogen-bond donors (Lipinski definition) is 0. The summed E-state index contributed by atoms with van der Waals surface area (Å²) in [4.78, 5) is 19.8. The Morgan fingerprint density at radius 1 is 1.44 bits per heavy atom. The topological polar surface area (TPSA) is 47.8 Å². The SMILES string of the molecule is Cc1nc(=O)n(Cc2cccnc2Cl)c(C)c1Br. The smallest absolute Gasteiger partial charge is 0.291 e. The van der Waals surface area contributed by atoms with Crippen LogP contribution in [0.2, 0.25) is 5.15 Å². The van der Waals surface area contributed by atoms with E-state index in [0.29, 0.717) is 17.4 Å². The second-order valence-electron chi connectivity index (χ2n) is 3.92. The van der Waals surface area contributed by atoms with Gasteiger partial charge in [-0.3, -0.25) is 4.57 Å². The third-order valence-electron chi connectivity index (χ3n) is 2.70. The Morgan fingerprint density at radius 3 is 2.83 bits per heavy atom. The molecule has 6 heteroatoms. The van der Waals surface area contributed by atoms with Gasteiger partial charge >= 0.3 is 5.69 Å². The molecule has 0 aliphatic carbocycles. The molecule has 0 aromatic carbocycles. The Morgan fingerprint density at radius 2 is 2.17 bits per heavy atom. The molecule has 0 atom stereocenters. The lowest BCUT2D eigenvalue weighted by molar-refractivity contribution is 0.687. The van der Waals surface area contributed by atoms with Crippen LogP contribution in [0.3, 0.4) is 0 Å². The van der Waals surface area contributed by atoms with Crippen molar-refractivity contribution < 1.29 is 0 Å². The first-order chi connectivity index (χ1) is 8.50. The van der Waals surface area contributed by atoms with Crippen LogP contribution in [-0.4, -0.2) is 14.5 Å². The van der Waals surface area contributed by atoms with Crippen molar-refractivity contribution in [3.63, 3.8) is 0 Å². The fraction of sp³-hybridized carbons (Fsp3) is 0.250. The van der Waals surface area contributed by atoms with Gasteiger partial charge < -0.3 is 0 Å². The summed E-state index contributed by atoms with van der Waals surface area (Å²) in [5.41, 5.74) is 2.02. The van der Waals surface area contributed by atoms with E-state index in [2.05, 4.69) is 25.9 Å². The average Bonchev–Trinajstić information content (AvgIpc) is 2.34. The molecule has 0 fully saturated rings. The van der Waals surface area contributed by atoms with Crippen molar-refractivity contribution in [1.29, 1.82) is 0 Å². The summed E-state index contributed by atoms with van der Waals surface area (Å²) in [7, 11) is 0. The molecule has 2 aromatic heterocycles. The first-order valence-corrected chi connectivity index (χ1v) is 6.50. The van der Waals surface area contributed by atoms with Crippen molar-refractivity contribution in [3.8, 4) is 0 Å². The largest absolute Gasteiger partial charge is 0.348 e. The van der Waals surface area contributed by atoms with Crippen molar-refractivity contribution in [3.05, 3.63) is 55.4 Å². The number of aromatic nitrogens is 3. The van der Waals surface area contributed by atoms with Gasteiger partial charge in [0.1, 0.15) is 5.15 Å². The van der Waals surface area contributed by atoms with Crippen molar-refractivity contribution in [2.75, 3.05) is 0 Å². The van der Waals surface area contributed by atoms with Gasteiger partial charge in [0.05, 0.1) is 16.7 Å². The number of aryl methyl sites for hydroxylation is 1. The highest BCUT2D eigenvalue weighted by Gasteiger charge is 2.11. The van der Waals surface area contributed by atoms with E-state index in [1.54, 1.807) is 23.8 Å². The van der Waals surface area contributed by atoms with Gasteiger partial charge in [-0.1, -0.05) is 17.7 Å². The molecule has 0 spiro atoms. The van der Waals surface area contributed by atoms with Gasteiger partial charge in [-0.2, -0.15) is 4.98 Å². The molecule has 0 N–H and O–H groups in total. The molecular weight excluding hydrogens is 318 g/mol. The molecule has 0 unspecified atom stereocenters. The quantitative estimate of drug-likeness (QED) is 0.796. The zero-order valence-electron chi connectivity index (χ0n) is 9.94. The van der Waals surface area contributed by atoms with E-state index in [4.69, 9.17) is 11.6 Å². The maximum atomic E-state index is 11.9. The Labute approximate surface area is 118 Å². The minimum atomic E-state index is -0.284. The molecule has 0 saturated heterocycles. The molecule has 0 aliphatic rings. The Bertz CT molecular complexity index is 654. The Balaban J connectivity index is 2.51. The zero-order valence-corrected chi connectivity index (χ0v) is 12.3. The third-order valence-corrected chi connectivity index (χ3v) is 4.19. The van der Waals surface area contributed by atoms with Gasteiger partial charge in [0.15, 0.2) is 0 Å². The maximum absolute atomic E-state index is 11.9. The molecule has 4 nitrogen and oxygen atoms in total. The van der Waals surface area contributed by atoms with Gasteiger partial charge in [-0.05, 0) is 35.8 Å². The predicted molar refractivity (Wildman–Crippen MR) is 74.0 cm³/mol. The molecule has 94 valence electrons. The van der Waals surface area contributed by atoms with E-state index < -0.39 is 0 Å². The van der Waals surface area contributed by atoms with E-state index >= 15 is 0 Å². The van der Waals surface area contributed by atoms with Crippen LogP contribution in [0.1, 0.15) is 17.0 Å². The maximum Gasteiger partial charge on any atom is 0.348 e. The minimum Gasteiger partial charge on any atom is -0.291 e. The lowest BCUT2D eigenvalue weighted by Crippen LogP contribution is -2.27. The minimum absolute atomic E-state index is 0.284. The molecule has 2 aromatic rings. The summed E-state index contributed by atoms with van der Waals surface area (Å²) in [6.07, 6.45) is 1.62. The highest BCUT2D eigenvalue weighted by atomic mass is 79.9. The Hall–Kier alpha value is -1.20. The average molecular weight is 329 g/mol. The summed E-state index contributed by atoms with van der Waals surface area (Å²) in [5, 5.41) is 0.403. The zero-order chi connectivity index (χ0) is 13.3. The normalized spacial score (nSPS) is 10.7. The van der Waals surface area contributed by atoms with Crippen LogP contribution < -0.4 is 5.69 Å². The summed E-state index contributed by atoms with van der Waals surface area (Å²) < 4.78 is 2.40.